The molecule has 2 aromatic carbocycles. The van der Waals surface area contributed by atoms with Gasteiger partial charge in [-0.25, -0.2) is 0 Å². The molecule has 39 heavy (non-hydrogen) atoms. The van der Waals surface area contributed by atoms with Crippen LogP contribution in [-0.2, 0) is 19.9 Å². The molecule has 0 bridgehead atoms. The summed E-state index contributed by atoms with van der Waals surface area (Å²) in [5, 5.41) is 0. The predicted octanol–water partition coefficient (Wildman–Crippen LogP) is 11.1. The van der Waals surface area contributed by atoms with Crippen LogP contribution in [0.3, 0.4) is 0 Å². The first-order chi connectivity index (χ1) is 18.3. The maximum Gasteiger partial charge on any atom is 0.439 e. The van der Waals surface area contributed by atoms with Gasteiger partial charge in [0.05, 0.1) is 13.2 Å². The van der Waals surface area contributed by atoms with Crippen molar-refractivity contribution < 1.29 is 26.5 Å². The van der Waals surface area contributed by atoms with Gasteiger partial charge >= 0.3 is 17.4 Å². The lowest BCUT2D eigenvalue weighted by Gasteiger charge is -2.24. The van der Waals surface area contributed by atoms with E-state index < -0.39 is 17.4 Å². The number of benzene rings is 2. The average Bonchev–Trinajstić information content (AvgIpc) is 2.83. The summed E-state index contributed by atoms with van der Waals surface area (Å²) in [5.41, 5.74) is 3.51. The number of hydrogen-bond donors (Lipinski definition) is 0. The highest BCUT2D eigenvalue weighted by Gasteiger charge is 2.24. The third-order valence-corrected chi connectivity index (χ3v) is 8.70. The van der Waals surface area contributed by atoms with Crippen molar-refractivity contribution in [1.29, 1.82) is 0 Å². The van der Waals surface area contributed by atoms with Gasteiger partial charge in [-0.2, -0.15) is 11.8 Å². The fraction of sp³-hybridized carbons (Fsp3) is 0.600. The Morgan fingerprint density at radius 1 is 0.641 bits per heavy atom. The summed E-state index contributed by atoms with van der Waals surface area (Å²) in [7, 11) is -4.93. The summed E-state index contributed by atoms with van der Waals surface area (Å²) >= 11 is 1.84. The maximum absolute atomic E-state index is 14.4. The highest BCUT2D eigenvalue weighted by atomic mass is 32.2. The Morgan fingerprint density at radius 3 is 1.38 bits per heavy atom. The van der Waals surface area contributed by atoms with Gasteiger partial charge in [0.15, 0.2) is 0 Å². The number of unbranched alkanes of at least 4 members (excludes halogenated alkanes) is 2. The molecule has 0 aromatic heterocycles. The van der Waals surface area contributed by atoms with E-state index in [9.17, 15) is 8.39 Å². The number of hydrogen-bond acceptors (Lipinski definition) is 5. The second-order valence-electron chi connectivity index (χ2n) is 11.7. The Bertz CT molecular complexity index is 932. The van der Waals surface area contributed by atoms with Gasteiger partial charge in [-0.15, -0.1) is 8.39 Å². The lowest BCUT2D eigenvalue weighted by molar-refractivity contribution is 0.280. The molecule has 0 heterocycles. The molecule has 2 aromatic rings. The minimum Gasteiger partial charge on any atom is -0.423 e. The third-order valence-electron chi connectivity index (χ3n) is 6.12. The largest absolute Gasteiger partial charge is 0.439 e. The summed E-state index contributed by atoms with van der Waals surface area (Å²) < 4.78 is 50.7. The second-order valence-corrected chi connectivity index (χ2v) is 14.7. The molecule has 2 rings (SSSR count). The minimum absolute atomic E-state index is 0.138. The van der Waals surface area contributed by atoms with Crippen LogP contribution in [0.4, 0.5) is 8.39 Å². The van der Waals surface area contributed by atoms with E-state index in [0.717, 1.165) is 59.4 Å². The van der Waals surface area contributed by atoms with Crippen LogP contribution in [0.5, 0.6) is 11.5 Å². The van der Waals surface area contributed by atoms with Gasteiger partial charge in [0, 0.05) is 11.1 Å². The monoisotopic (exact) mass is 602 g/mol. The number of halogens is 2. The Balaban J connectivity index is 1.54. The lowest BCUT2D eigenvalue weighted by Crippen LogP contribution is -2.13. The van der Waals surface area contributed by atoms with Crippen LogP contribution < -0.4 is 9.05 Å². The normalized spacial score (nSPS) is 13.8. The first-order valence-electron chi connectivity index (χ1n) is 13.6. The van der Waals surface area contributed by atoms with Crippen molar-refractivity contribution in [3.63, 3.8) is 0 Å². The van der Waals surface area contributed by atoms with Crippen LogP contribution in [0.2, 0.25) is 0 Å². The van der Waals surface area contributed by atoms with E-state index in [1.807, 2.05) is 62.0 Å². The van der Waals surface area contributed by atoms with Gasteiger partial charge < -0.3 is 9.05 Å². The molecule has 0 saturated heterocycles. The van der Waals surface area contributed by atoms with Crippen molar-refractivity contribution in [3.8, 4) is 11.5 Å². The molecule has 2 unspecified atom stereocenters. The highest BCUT2D eigenvalue weighted by molar-refractivity contribution is 7.99. The van der Waals surface area contributed by atoms with E-state index in [-0.39, 0.29) is 10.8 Å². The van der Waals surface area contributed by atoms with Crippen LogP contribution in [0, 0.1) is 13.8 Å². The maximum atomic E-state index is 14.4. The van der Waals surface area contributed by atoms with E-state index >= 15 is 0 Å². The number of para-hydroxylation sites is 2. The standard InChI is InChI=1S/C30H46F2O4P2S/c1-23-15-13-17-25(29(3,4)5)27(23)35-37(31)33-19-9-11-21-39-22-12-10-20-34-38(32)36-28-24(2)16-14-18-26(28)30(6,7)8/h13-18H,9-12,19-22H2,1-8H3. The predicted molar refractivity (Wildman–Crippen MR) is 165 cm³/mol. The fourth-order valence-corrected chi connectivity index (χ4v) is 6.35. The molecular formula is C30H46F2O4P2S. The molecule has 0 spiro atoms. The molecule has 0 radical (unpaired) electrons. The van der Waals surface area contributed by atoms with Gasteiger partial charge in [0.25, 0.3) is 0 Å². The van der Waals surface area contributed by atoms with Crippen LogP contribution in [0.15, 0.2) is 36.4 Å². The van der Waals surface area contributed by atoms with Crippen molar-refractivity contribution in [3.05, 3.63) is 58.7 Å². The highest BCUT2D eigenvalue weighted by Crippen LogP contribution is 2.47. The van der Waals surface area contributed by atoms with Crippen molar-refractivity contribution in [2.45, 2.75) is 91.9 Å². The summed E-state index contributed by atoms with van der Waals surface area (Å²) in [6.07, 6.45) is 3.44. The topological polar surface area (TPSA) is 36.9 Å². The summed E-state index contributed by atoms with van der Waals surface area (Å²) in [6.45, 7) is 17.0. The number of aryl methyl sites for hydroxylation is 2. The first kappa shape index (κ1) is 34.2. The quantitative estimate of drug-likeness (QED) is 0.141. The zero-order chi connectivity index (χ0) is 29.1. The van der Waals surface area contributed by atoms with Gasteiger partial charge in [0.2, 0.25) is 0 Å². The fourth-order valence-electron chi connectivity index (χ4n) is 3.91. The Morgan fingerprint density at radius 2 is 1.03 bits per heavy atom. The Kier molecular flexibility index (Phi) is 14.5. The van der Waals surface area contributed by atoms with Crippen molar-refractivity contribution in [2.24, 2.45) is 0 Å². The number of rotatable bonds is 16. The molecule has 0 aliphatic carbocycles. The van der Waals surface area contributed by atoms with Crippen LogP contribution in [0.25, 0.3) is 0 Å². The van der Waals surface area contributed by atoms with Crippen LogP contribution in [-0.4, -0.2) is 24.7 Å². The molecule has 0 amide bonds. The molecule has 0 N–H and O–H groups in total. The summed E-state index contributed by atoms with van der Waals surface area (Å²) in [4.78, 5) is 0. The van der Waals surface area contributed by atoms with E-state index in [4.69, 9.17) is 18.1 Å². The van der Waals surface area contributed by atoms with Crippen LogP contribution in [0.1, 0.15) is 89.5 Å². The van der Waals surface area contributed by atoms with Gasteiger partial charge in [-0.3, -0.25) is 9.05 Å². The molecule has 220 valence electrons. The van der Waals surface area contributed by atoms with Crippen molar-refractivity contribution in [1.82, 2.24) is 0 Å². The zero-order valence-corrected chi connectivity index (χ0v) is 27.4. The van der Waals surface area contributed by atoms with E-state index in [0.29, 0.717) is 24.7 Å². The summed E-state index contributed by atoms with van der Waals surface area (Å²) in [6, 6.07) is 11.8. The molecule has 9 heteroatoms. The SMILES string of the molecule is Cc1cccc(C(C)(C)C)c1OP(F)OCCCCSCCCCOP(F)Oc1c(C)cccc1C(C)(C)C. The Labute approximate surface area is 242 Å². The molecule has 0 aliphatic heterocycles. The molecule has 2 atom stereocenters. The minimum atomic E-state index is -2.46. The molecule has 0 saturated carbocycles. The van der Waals surface area contributed by atoms with E-state index in [1.165, 1.54) is 0 Å². The zero-order valence-electron chi connectivity index (χ0n) is 24.8. The average molecular weight is 603 g/mol. The van der Waals surface area contributed by atoms with Gasteiger partial charge in [-0.1, -0.05) is 77.9 Å². The van der Waals surface area contributed by atoms with E-state index in [2.05, 4.69) is 41.5 Å². The van der Waals surface area contributed by atoms with Gasteiger partial charge in [-0.05, 0) is 73.0 Å². The second kappa shape index (κ2) is 16.5. The first-order valence-corrected chi connectivity index (χ1v) is 16.9. The Hall–Kier alpha value is -0.970. The molecular weight excluding hydrogens is 556 g/mol. The van der Waals surface area contributed by atoms with E-state index in [1.54, 1.807) is 0 Å². The molecule has 4 nitrogen and oxygen atoms in total. The third kappa shape index (κ3) is 12.2. The molecule has 0 fully saturated rings. The van der Waals surface area contributed by atoms with Gasteiger partial charge in [0.1, 0.15) is 11.5 Å². The molecule has 0 aliphatic rings. The summed E-state index contributed by atoms with van der Waals surface area (Å²) in [5.74, 6) is 3.14. The van der Waals surface area contributed by atoms with Crippen molar-refractivity contribution >= 4 is 29.1 Å². The number of thioether (sulfide) groups is 1. The van der Waals surface area contributed by atoms with Crippen molar-refractivity contribution in [2.75, 3.05) is 24.7 Å². The van der Waals surface area contributed by atoms with Crippen LogP contribution >= 0.6 is 29.1 Å². The lowest BCUT2D eigenvalue weighted by atomic mass is 9.85. The smallest absolute Gasteiger partial charge is 0.423 e.